The van der Waals surface area contributed by atoms with Crippen molar-refractivity contribution in [2.75, 3.05) is 6.54 Å². The molecule has 22 heavy (non-hydrogen) atoms. The fourth-order valence-electron chi connectivity index (χ4n) is 2.66. The second kappa shape index (κ2) is 5.88. The summed E-state index contributed by atoms with van der Waals surface area (Å²) in [7, 11) is 0. The number of aromatic carboxylic acids is 1. The number of aromatic nitrogens is 1. The highest BCUT2D eigenvalue weighted by molar-refractivity contribution is 9.10. The summed E-state index contributed by atoms with van der Waals surface area (Å²) in [5.41, 5.74) is 2.41. The molecule has 6 heteroatoms. The van der Waals surface area contributed by atoms with Crippen LogP contribution in [-0.4, -0.2) is 33.4 Å². The molecule has 0 unspecified atom stereocenters. The molecule has 3 rings (SSSR count). The van der Waals surface area contributed by atoms with Gasteiger partial charge in [0.15, 0.2) is 0 Å². The monoisotopic (exact) mass is 360 g/mol. The molecule has 2 heterocycles. The van der Waals surface area contributed by atoms with Crippen molar-refractivity contribution in [2.24, 2.45) is 0 Å². The van der Waals surface area contributed by atoms with Gasteiger partial charge in [-0.15, -0.1) is 0 Å². The largest absolute Gasteiger partial charge is 0.478 e. The predicted octanol–water partition coefficient (Wildman–Crippen LogP) is 2.74. The number of carbonyl (C=O) groups excluding carboxylic acids is 1. The number of amides is 1. The zero-order valence-electron chi connectivity index (χ0n) is 11.6. The molecule has 1 aliphatic rings. The molecular weight excluding hydrogens is 348 g/mol. The number of pyridine rings is 1. The van der Waals surface area contributed by atoms with E-state index in [4.69, 9.17) is 0 Å². The van der Waals surface area contributed by atoms with Gasteiger partial charge in [-0.3, -0.25) is 9.78 Å². The minimum absolute atomic E-state index is 0.0705. The SMILES string of the molecule is O=C(O)c1cncc2c1CCN(C(=O)c1ccccc1Br)C2. The standard InChI is InChI=1S/C16H13BrN2O3/c17-14-4-2-1-3-12(14)15(20)19-6-5-11-10(9-19)7-18-8-13(11)16(21)22/h1-4,7-8H,5-6,9H2,(H,21,22). The van der Waals surface area contributed by atoms with Crippen LogP contribution in [0.3, 0.4) is 0 Å². The Bertz CT molecular complexity index is 761. The Morgan fingerprint density at radius 2 is 1.95 bits per heavy atom. The van der Waals surface area contributed by atoms with Crippen molar-refractivity contribution >= 4 is 27.8 Å². The molecule has 1 aromatic heterocycles. The number of hydrogen-bond acceptors (Lipinski definition) is 3. The van der Waals surface area contributed by atoms with Crippen LogP contribution < -0.4 is 0 Å². The Labute approximate surface area is 135 Å². The van der Waals surface area contributed by atoms with Gasteiger partial charge in [-0.05, 0) is 45.6 Å². The number of nitrogens with zero attached hydrogens (tertiary/aromatic N) is 2. The van der Waals surface area contributed by atoms with Gasteiger partial charge in [-0.1, -0.05) is 12.1 Å². The molecule has 1 amide bonds. The molecule has 0 bridgehead atoms. The normalized spacial score (nSPS) is 13.6. The van der Waals surface area contributed by atoms with E-state index >= 15 is 0 Å². The van der Waals surface area contributed by atoms with Gasteiger partial charge in [0.1, 0.15) is 0 Å². The van der Waals surface area contributed by atoms with Gasteiger partial charge in [0.25, 0.3) is 5.91 Å². The summed E-state index contributed by atoms with van der Waals surface area (Å²) in [5, 5.41) is 9.20. The highest BCUT2D eigenvalue weighted by Crippen LogP contribution is 2.25. The minimum Gasteiger partial charge on any atom is -0.478 e. The molecular formula is C16H13BrN2O3. The highest BCUT2D eigenvalue weighted by Gasteiger charge is 2.26. The topological polar surface area (TPSA) is 70.5 Å². The van der Waals surface area contributed by atoms with Crippen molar-refractivity contribution in [1.82, 2.24) is 9.88 Å². The van der Waals surface area contributed by atoms with E-state index in [0.29, 0.717) is 25.1 Å². The molecule has 0 fully saturated rings. The van der Waals surface area contributed by atoms with Crippen LogP contribution >= 0.6 is 15.9 Å². The minimum atomic E-state index is -0.977. The first kappa shape index (κ1) is 14.7. The molecule has 1 aliphatic heterocycles. The smallest absolute Gasteiger partial charge is 0.337 e. The van der Waals surface area contributed by atoms with E-state index in [0.717, 1.165) is 15.6 Å². The Hall–Kier alpha value is -2.21. The van der Waals surface area contributed by atoms with Crippen molar-refractivity contribution in [2.45, 2.75) is 13.0 Å². The Morgan fingerprint density at radius 1 is 1.18 bits per heavy atom. The van der Waals surface area contributed by atoms with Crippen molar-refractivity contribution in [3.63, 3.8) is 0 Å². The lowest BCUT2D eigenvalue weighted by Gasteiger charge is -2.29. The third-order valence-corrected chi connectivity index (χ3v) is 4.45. The number of rotatable bonds is 2. The summed E-state index contributed by atoms with van der Waals surface area (Å²) < 4.78 is 0.753. The lowest BCUT2D eigenvalue weighted by molar-refractivity contribution is 0.0693. The molecule has 0 saturated heterocycles. The quantitative estimate of drug-likeness (QED) is 0.893. The molecule has 0 spiro atoms. The van der Waals surface area contributed by atoms with E-state index in [2.05, 4.69) is 20.9 Å². The van der Waals surface area contributed by atoms with Crippen molar-refractivity contribution in [1.29, 1.82) is 0 Å². The van der Waals surface area contributed by atoms with E-state index in [1.807, 2.05) is 18.2 Å². The Morgan fingerprint density at radius 3 is 2.68 bits per heavy atom. The van der Waals surface area contributed by atoms with Crippen LogP contribution in [0.1, 0.15) is 31.8 Å². The van der Waals surface area contributed by atoms with E-state index < -0.39 is 5.97 Å². The van der Waals surface area contributed by atoms with Crippen molar-refractivity contribution < 1.29 is 14.7 Å². The van der Waals surface area contributed by atoms with Crippen molar-refractivity contribution in [3.05, 3.63) is 63.4 Å². The van der Waals surface area contributed by atoms with Gasteiger partial charge in [0.2, 0.25) is 0 Å². The third-order valence-electron chi connectivity index (χ3n) is 3.76. The van der Waals surface area contributed by atoms with Crippen molar-refractivity contribution in [3.8, 4) is 0 Å². The fourth-order valence-corrected chi connectivity index (χ4v) is 3.11. The van der Waals surface area contributed by atoms with E-state index in [1.54, 1.807) is 17.2 Å². The number of carbonyl (C=O) groups is 2. The van der Waals surface area contributed by atoms with E-state index in [9.17, 15) is 14.7 Å². The highest BCUT2D eigenvalue weighted by atomic mass is 79.9. The van der Waals surface area contributed by atoms with Crippen LogP contribution in [0.25, 0.3) is 0 Å². The average Bonchev–Trinajstić information content (AvgIpc) is 2.53. The Kier molecular flexibility index (Phi) is 3.94. The fraction of sp³-hybridized carbons (Fsp3) is 0.188. The lowest BCUT2D eigenvalue weighted by Crippen LogP contribution is -2.36. The second-order valence-corrected chi connectivity index (χ2v) is 5.94. The summed E-state index contributed by atoms with van der Waals surface area (Å²) >= 11 is 3.39. The molecule has 1 N–H and O–H groups in total. The van der Waals surface area contributed by atoms with Crippen LogP contribution in [0, 0.1) is 0 Å². The van der Waals surface area contributed by atoms with Gasteiger partial charge >= 0.3 is 5.97 Å². The van der Waals surface area contributed by atoms with E-state index in [1.165, 1.54) is 6.20 Å². The summed E-state index contributed by atoms with van der Waals surface area (Å²) in [6.45, 7) is 0.876. The van der Waals surface area contributed by atoms with Gasteiger partial charge in [-0.2, -0.15) is 0 Å². The molecule has 5 nitrogen and oxygen atoms in total. The summed E-state index contributed by atoms with van der Waals surface area (Å²) in [6, 6.07) is 7.28. The first-order valence-corrected chi connectivity index (χ1v) is 7.60. The summed E-state index contributed by atoms with van der Waals surface area (Å²) in [5.74, 6) is -1.05. The maximum absolute atomic E-state index is 12.6. The maximum atomic E-state index is 12.6. The summed E-state index contributed by atoms with van der Waals surface area (Å²) in [6.07, 6.45) is 3.53. The molecule has 0 saturated carbocycles. The number of hydrogen-bond donors (Lipinski definition) is 1. The molecule has 112 valence electrons. The van der Waals surface area contributed by atoms with Crippen LogP contribution in [-0.2, 0) is 13.0 Å². The molecule has 2 aromatic rings. The molecule has 0 aliphatic carbocycles. The van der Waals surface area contributed by atoms with Gasteiger partial charge in [0.05, 0.1) is 11.1 Å². The lowest BCUT2D eigenvalue weighted by atomic mass is 9.96. The number of halogens is 1. The number of benzene rings is 1. The zero-order chi connectivity index (χ0) is 15.7. The van der Waals surface area contributed by atoms with Gasteiger partial charge < -0.3 is 10.0 Å². The number of carboxylic acid groups (broad SMARTS) is 1. The van der Waals surface area contributed by atoms with Gasteiger partial charge in [0, 0.05) is 30.0 Å². The number of fused-ring (bicyclic) bond motifs is 1. The zero-order valence-corrected chi connectivity index (χ0v) is 13.2. The van der Waals surface area contributed by atoms with Crippen LogP contribution in [0.5, 0.6) is 0 Å². The van der Waals surface area contributed by atoms with E-state index in [-0.39, 0.29) is 11.5 Å². The van der Waals surface area contributed by atoms with Crippen LogP contribution in [0.15, 0.2) is 41.1 Å². The first-order valence-electron chi connectivity index (χ1n) is 6.81. The van der Waals surface area contributed by atoms with Crippen LogP contribution in [0.4, 0.5) is 0 Å². The average molecular weight is 361 g/mol. The number of carboxylic acids is 1. The molecule has 1 aromatic carbocycles. The second-order valence-electron chi connectivity index (χ2n) is 5.09. The third kappa shape index (κ3) is 2.62. The first-order chi connectivity index (χ1) is 10.6. The molecule has 0 atom stereocenters. The van der Waals surface area contributed by atoms with Gasteiger partial charge in [-0.25, -0.2) is 4.79 Å². The van der Waals surface area contributed by atoms with Crippen LogP contribution in [0.2, 0.25) is 0 Å². The summed E-state index contributed by atoms with van der Waals surface area (Å²) in [4.78, 5) is 29.5. The maximum Gasteiger partial charge on any atom is 0.337 e. The Balaban J connectivity index is 1.89. The molecule has 0 radical (unpaired) electrons. The predicted molar refractivity (Wildman–Crippen MR) is 83.8 cm³/mol.